The van der Waals surface area contributed by atoms with E-state index in [1.165, 1.54) is 5.56 Å². The van der Waals surface area contributed by atoms with Crippen LogP contribution in [-0.2, 0) is 14.3 Å². The smallest absolute Gasteiger partial charge is 0.260 e. The first kappa shape index (κ1) is 37.7. The third-order valence-electron chi connectivity index (χ3n) is 12.0. The molecule has 1 saturated carbocycles. The minimum absolute atomic E-state index is 0.0751. The Kier molecular flexibility index (Phi) is 10.1. The predicted octanol–water partition coefficient (Wildman–Crippen LogP) is 7.44. The molecule has 3 aromatic carbocycles. The SMILES string of the molecule is COc1ccc(C2=CN3C(=O)C4CC(OC)C(OCCCOc5cc6c(cc5OC)C(=O)N5C=C(c7ccc(C)cc7)C[C@]5(C)C=N6)CC4N=C[C@@]3(C)C2)cc1. The highest BCUT2D eigenvalue weighted by atomic mass is 16.5. The van der Waals surface area contributed by atoms with Gasteiger partial charge in [-0.1, -0.05) is 42.0 Å². The highest BCUT2D eigenvalue weighted by Gasteiger charge is 2.50. The molecule has 0 saturated heterocycles. The highest BCUT2D eigenvalue weighted by Crippen LogP contribution is 2.45. The average molecular weight is 759 g/mol. The Morgan fingerprint density at radius 3 is 2.12 bits per heavy atom. The Morgan fingerprint density at radius 1 is 0.768 bits per heavy atom. The maximum Gasteiger partial charge on any atom is 0.260 e. The monoisotopic (exact) mass is 758 g/mol. The van der Waals surface area contributed by atoms with Gasteiger partial charge in [0, 0.05) is 57.3 Å². The van der Waals surface area contributed by atoms with Crippen LogP contribution < -0.4 is 14.2 Å². The number of rotatable bonds is 11. The van der Waals surface area contributed by atoms with Crippen LogP contribution in [0.5, 0.6) is 17.2 Å². The lowest BCUT2D eigenvalue weighted by molar-refractivity contribution is -0.143. The number of methoxy groups -OCH3 is 3. The van der Waals surface area contributed by atoms with Gasteiger partial charge in [-0.15, -0.1) is 0 Å². The summed E-state index contributed by atoms with van der Waals surface area (Å²) in [6.45, 7) is 6.97. The summed E-state index contributed by atoms with van der Waals surface area (Å²) in [6.07, 6.45) is 10.4. The molecule has 1 aliphatic carbocycles. The van der Waals surface area contributed by atoms with Crippen LogP contribution in [0, 0.1) is 12.8 Å². The Hall–Kier alpha value is -5.26. The molecule has 0 bridgehead atoms. The summed E-state index contributed by atoms with van der Waals surface area (Å²) in [7, 11) is 4.90. The molecule has 11 nitrogen and oxygen atoms in total. The molecule has 2 amide bonds. The molecule has 8 rings (SSSR count). The van der Waals surface area contributed by atoms with E-state index in [4.69, 9.17) is 33.7 Å². The van der Waals surface area contributed by atoms with Gasteiger partial charge in [-0.2, -0.15) is 0 Å². The van der Waals surface area contributed by atoms with Crippen molar-refractivity contribution in [2.45, 2.75) is 82.2 Å². The topological polar surface area (TPSA) is 111 Å². The van der Waals surface area contributed by atoms with E-state index in [0.717, 1.165) is 28.0 Å². The molecule has 4 unspecified atom stereocenters. The van der Waals surface area contributed by atoms with Crippen molar-refractivity contribution < 1.29 is 33.3 Å². The van der Waals surface area contributed by atoms with Crippen molar-refractivity contribution in [3.05, 3.63) is 95.3 Å². The molecule has 1 fully saturated rings. The van der Waals surface area contributed by atoms with Gasteiger partial charge in [0.2, 0.25) is 5.91 Å². The normalized spacial score (nSPS) is 27.8. The molecule has 56 heavy (non-hydrogen) atoms. The molecule has 0 spiro atoms. The number of fused-ring (bicyclic) bond motifs is 4. The number of benzene rings is 3. The predicted molar refractivity (Wildman–Crippen MR) is 216 cm³/mol. The summed E-state index contributed by atoms with van der Waals surface area (Å²) in [5, 5.41) is 0. The van der Waals surface area contributed by atoms with Crippen molar-refractivity contribution in [3.63, 3.8) is 0 Å². The maximum absolute atomic E-state index is 14.1. The Morgan fingerprint density at radius 2 is 1.45 bits per heavy atom. The van der Waals surface area contributed by atoms with Gasteiger partial charge in [0.1, 0.15) is 5.75 Å². The van der Waals surface area contributed by atoms with E-state index in [1.54, 1.807) is 38.4 Å². The molecule has 4 aliphatic heterocycles. The van der Waals surface area contributed by atoms with Gasteiger partial charge in [-0.05, 0) is 74.1 Å². The molecule has 0 aromatic heterocycles. The summed E-state index contributed by atoms with van der Waals surface area (Å²) in [4.78, 5) is 41.5. The molecule has 0 N–H and O–H groups in total. The lowest BCUT2D eigenvalue weighted by Crippen LogP contribution is -2.51. The van der Waals surface area contributed by atoms with E-state index in [-0.39, 0.29) is 36.0 Å². The number of carbonyl (C=O) groups is 2. The van der Waals surface area contributed by atoms with E-state index < -0.39 is 11.1 Å². The Labute approximate surface area is 328 Å². The number of carbonyl (C=O) groups excluding carboxylic acids is 2. The number of hydrogen-bond donors (Lipinski definition) is 0. The van der Waals surface area contributed by atoms with Crippen LogP contribution >= 0.6 is 0 Å². The third kappa shape index (κ3) is 6.92. The fraction of sp³-hybridized carbons (Fsp3) is 0.422. The van der Waals surface area contributed by atoms with E-state index in [0.29, 0.717) is 68.1 Å². The molecule has 11 heteroatoms. The fourth-order valence-corrected chi connectivity index (χ4v) is 8.70. The standard InChI is InChI=1S/C45H50N4O7/c1-28-8-10-29(11-9-28)31-22-44(2)26-46-36-20-40(38(53-5)18-34(36)42(50)48(44)24-31)55-16-7-17-56-41-21-37-35(19-39(41)54-6)43(51)49-25-32(23-45(49,3)27-47-37)30-12-14-33(52-4)15-13-30/h8-15,18,20,24-27,35,37,39,41H,7,16-17,19,21-23H2,1-6H3/t35?,37?,39?,41?,44-,45-/m1/s1. The first-order valence-electron chi connectivity index (χ1n) is 19.4. The van der Waals surface area contributed by atoms with Crippen LogP contribution in [0.15, 0.2) is 83.0 Å². The molecule has 6 atom stereocenters. The molecule has 4 heterocycles. The number of amides is 2. The maximum atomic E-state index is 14.1. The summed E-state index contributed by atoms with van der Waals surface area (Å²) >= 11 is 0. The fourth-order valence-electron chi connectivity index (χ4n) is 8.70. The Bertz CT molecular complexity index is 2130. The quantitative estimate of drug-likeness (QED) is 0.187. The summed E-state index contributed by atoms with van der Waals surface area (Å²) < 4.78 is 29.5. The van der Waals surface area contributed by atoms with Crippen LogP contribution in [0.2, 0.25) is 0 Å². The number of aliphatic imine (C=N–C) groups is 2. The third-order valence-corrected chi connectivity index (χ3v) is 12.0. The lowest BCUT2D eigenvalue weighted by atomic mass is 9.80. The zero-order valence-electron chi connectivity index (χ0n) is 33.0. The first-order valence-corrected chi connectivity index (χ1v) is 19.4. The van der Waals surface area contributed by atoms with Crippen molar-refractivity contribution in [3.8, 4) is 17.2 Å². The van der Waals surface area contributed by atoms with Gasteiger partial charge in [0.15, 0.2) is 11.5 Å². The summed E-state index contributed by atoms with van der Waals surface area (Å²) in [5.41, 5.74) is 5.43. The Balaban J connectivity index is 0.885. The molecular formula is C45H50N4O7. The van der Waals surface area contributed by atoms with Gasteiger partial charge >= 0.3 is 0 Å². The van der Waals surface area contributed by atoms with Crippen molar-refractivity contribution in [2.24, 2.45) is 15.9 Å². The lowest BCUT2D eigenvalue weighted by Gasteiger charge is -2.39. The van der Waals surface area contributed by atoms with Crippen LogP contribution in [0.25, 0.3) is 11.1 Å². The van der Waals surface area contributed by atoms with Crippen LogP contribution in [-0.4, -0.2) is 97.9 Å². The molecule has 0 radical (unpaired) electrons. The minimum atomic E-state index is -0.594. The highest BCUT2D eigenvalue weighted by molar-refractivity contribution is 6.06. The first-order chi connectivity index (χ1) is 27.0. The van der Waals surface area contributed by atoms with Gasteiger partial charge in [-0.25, -0.2) is 0 Å². The van der Waals surface area contributed by atoms with E-state index in [9.17, 15) is 9.59 Å². The van der Waals surface area contributed by atoms with Crippen LogP contribution in [0.4, 0.5) is 5.69 Å². The largest absolute Gasteiger partial charge is 0.497 e. The zero-order chi connectivity index (χ0) is 39.2. The zero-order valence-corrected chi connectivity index (χ0v) is 33.0. The van der Waals surface area contributed by atoms with E-state index in [2.05, 4.69) is 38.1 Å². The van der Waals surface area contributed by atoms with Crippen molar-refractivity contribution in [2.75, 3.05) is 34.5 Å². The van der Waals surface area contributed by atoms with Gasteiger partial charge in [0.25, 0.3) is 5.91 Å². The molecule has 292 valence electrons. The van der Waals surface area contributed by atoms with Crippen molar-refractivity contribution in [1.29, 1.82) is 0 Å². The van der Waals surface area contributed by atoms with Gasteiger partial charge in [-0.3, -0.25) is 19.6 Å². The van der Waals surface area contributed by atoms with Crippen LogP contribution in [0.3, 0.4) is 0 Å². The second-order valence-corrected chi connectivity index (χ2v) is 15.9. The molecule has 5 aliphatic rings. The van der Waals surface area contributed by atoms with E-state index in [1.807, 2.05) is 60.9 Å². The van der Waals surface area contributed by atoms with E-state index >= 15 is 0 Å². The van der Waals surface area contributed by atoms with Gasteiger partial charge in [0.05, 0.1) is 73.9 Å². The number of hydrogen-bond acceptors (Lipinski definition) is 9. The number of aryl methyl sites for hydroxylation is 1. The summed E-state index contributed by atoms with van der Waals surface area (Å²) in [6, 6.07) is 19.6. The number of ether oxygens (including phenoxy) is 5. The average Bonchev–Trinajstić information content (AvgIpc) is 3.70. The summed E-state index contributed by atoms with van der Waals surface area (Å²) in [5.74, 6) is 1.42. The van der Waals surface area contributed by atoms with Gasteiger partial charge < -0.3 is 33.5 Å². The second kappa shape index (κ2) is 15.0. The van der Waals surface area contributed by atoms with Crippen LogP contribution in [0.1, 0.15) is 73.0 Å². The molecule has 3 aromatic rings. The van der Waals surface area contributed by atoms with Crippen molar-refractivity contribution >= 4 is 41.1 Å². The molecular weight excluding hydrogens is 709 g/mol. The van der Waals surface area contributed by atoms with Crippen molar-refractivity contribution in [1.82, 2.24) is 9.80 Å². The minimum Gasteiger partial charge on any atom is -0.497 e. The second-order valence-electron chi connectivity index (χ2n) is 15.9. The number of nitrogens with zero attached hydrogens (tertiary/aromatic N) is 4.